The van der Waals surface area contributed by atoms with E-state index in [1.807, 2.05) is 37.3 Å². The average molecular weight is 348 g/mol. The minimum absolute atomic E-state index is 0.0548. The lowest BCUT2D eigenvalue weighted by Crippen LogP contribution is -2.29. The maximum atomic E-state index is 5.44. The number of benzene rings is 2. The van der Waals surface area contributed by atoms with Crippen LogP contribution in [0.15, 0.2) is 59.1 Å². The summed E-state index contributed by atoms with van der Waals surface area (Å²) in [6.07, 6.45) is 3.93. The summed E-state index contributed by atoms with van der Waals surface area (Å²) in [5.41, 5.74) is 3.31. The van der Waals surface area contributed by atoms with Gasteiger partial charge in [-0.05, 0) is 50.5 Å². The molecule has 5 nitrogen and oxygen atoms in total. The molecule has 1 saturated heterocycles. The summed E-state index contributed by atoms with van der Waals surface area (Å²) >= 11 is 0. The Hall–Kier alpha value is -2.82. The van der Waals surface area contributed by atoms with Gasteiger partial charge in [-0.25, -0.2) is 0 Å². The summed E-state index contributed by atoms with van der Waals surface area (Å²) < 4.78 is 5.44. The van der Waals surface area contributed by atoms with Crippen LogP contribution >= 0.6 is 0 Å². The molecule has 26 heavy (non-hydrogen) atoms. The number of hydrogen-bond donors (Lipinski definition) is 1. The van der Waals surface area contributed by atoms with Crippen LogP contribution in [0.3, 0.4) is 0 Å². The van der Waals surface area contributed by atoms with Crippen LogP contribution in [-0.4, -0.2) is 23.2 Å². The first-order valence-electron chi connectivity index (χ1n) is 9.30. The highest BCUT2D eigenvalue weighted by atomic mass is 16.5. The van der Waals surface area contributed by atoms with Gasteiger partial charge in [0.2, 0.25) is 11.7 Å². The van der Waals surface area contributed by atoms with Crippen molar-refractivity contribution in [3.8, 4) is 11.4 Å². The standard InChI is InChI=1S/C21H24N4O/c1-16(21-23-20(24-26-21)17-8-4-2-5-9-17)22-18-10-12-19(13-11-18)25-14-6-3-7-15-25/h2,4-5,8-13,16,22H,3,6-7,14-15H2,1H3. The zero-order chi connectivity index (χ0) is 17.8. The number of nitrogens with zero attached hydrogens (tertiary/aromatic N) is 3. The predicted molar refractivity (Wildman–Crippen MR) is 104 cm³/mol. The Balaban J connectivity index is 1.41. The van der Waals surface area contributed by atoms with Crippen molar-refractivity contribution in [1.29, 1.82) is 0 Å². The van der Waals surface area contributed by atoms with Gasteiger partial charge < -0.3 is 14.7 Å². The summed E-state index contributed by atoms with van der Waals surface area (Å²) in [5, 5.41) is 7.53. The largest absolute Gasteiger partial charge is 0.374 e. The molecule has 0 radical (unpaired) electrons. The molecule has 1 aliphatic rings. The van der Waals surface area contributed by atoms with E-state index < -0.39 is 0 Å². The van der Waals surface area contributed by atoms with Gasteiger partial charge in [0.25, 0.3) is 0 Å². The first kappa shape index (κ1) is 16.6. The van der Waals surface area contributed by atoms with E-state index in [1.165, 1.54) is 24.9 Å². The maximum absolute atomic E-state index is 5.44. The van der Waals surface area contributed by atoms with Crippen molar-refractivity contribution < 1.29 is 4.52 Å². The normalized spacial score (nSPS) is 15.7. The zero-order valence-corrected chi connectivity index (χ0v) is 15.1. The fraction of sp³-hybridized carbons (Fsp3) is 0.333. The van der Waals surface area contributed by atoms with Gasteiger partial charge in [0.05, 0.1) is 0 Å². The number of rotatable bonds is 5. The molecule has 3 aromatic rings. The molecule has 1 unspecified atom stereocenters. The zero-order valence-electron chi connectivity index (χ0n) is 15.1. The average Bonchev–Trinajstić information content (AvgIpc) is 3.20. The number of aromatic nitrogens is 2. The molecule has 1 fully saturated rings. The number of anilines is 2. The molecule has 0 bridgehead atoms. The maximum Gasteiger partial charge on any atom is 0.249 e. The Kier molecular flexibility index (Phi) is 4.86. The summed E-state index contributed by atoms with van der Waals surface area (Å²) in [4.78, 5) is 6.98. The smallest absolute Gasteiger partial charge is 0.249 e. The monoisotopic (exact) mass is 348 g/mol. The summed E-state index contributed by atoms with van der Waals surface area (Å²) in [7, 11) is 0. The third kappa shape index (κ3) is 3.72. The second kappa shape index (κ2) is 7.60. The predicted octanol–water partition coefficient (Wildman–Crippen LogP) is 4.90. The Bertz CT molecular complexity index is 823. The summed E-state index contributed by atoms with van der Waals surface area (Å²) in [6.45, 7) is 4.35. The van der Waals surface area contributed by atoms with Crippen molar-refractivity contribution >= 4 is 11.4 Å². The van der Waals surface area contributed by atoms with E-state index in [9.17, 15) is 0 Å². The van der Waals surface area contributed by atoms with Gasteiger partial charge >= 0.3 is 0 Å². The first-order valence-corrected chi connectivity index (χ1v) is 9.30. The quantitative estimate of drug-likeness (QED) is 0.711. The van der Waals surface area contributed by atoms with Gasteiger partial charge in [0.1, 0.15) is 6.04 Å². The van der Waals surface area contributed by atoms with E-state index in [-0.39, 0.29) is 6.04 Å². The van der Waals surface area contributed by atoms with Gasteiger partial charge in [0.15, 0.2) is 0 Å². The van der Waals surface area contributed by atoms with Crippen LogP contribution in [0.5, 0.6) is 0 Å². The molecule has 134 valence electrons. The van der Waals surface area contributed by atoms with Gasteiger partial charge in [0, 0.05) is 30.0 Å². The Morgan fingerprint density at radius 3 is 2.42 bits per heavy atom. The minimum atomic E-state index is -0.0548. The lowest BCUT2D eigenvalue weighted by molar-refractivity contribution is 0.368. The van der Waals surface area contributed by atoms with E-state index in [0.29, 0.717) is 11.7 Å². The second-order valence-corrected chi connectivity index (χ2v) is 6.78. The number of piperidine rings is 1. The summed E-state index contributed by atoms with van der Waals surface area (Å²) in [5.74, 6) is 1.21. The molecule has 5 heteroatoms. The molecule has 1 N–H and O–H groups in total. The Morgan fingerprint density at radius 2 is 1.69 bits per heavy atom. The molecule has 2 aromatic carbocycles. The van der Waals surface area contributed by atoms with Crippen molar-refractivity contribution in [3.05, 3.63) is 60.5 Å². The van der Waals surface area contributed by atoms with E-state index in [2.05, 4.69) is 44.6 Å². The topological polar surface area (TPSA) is 54.2 Å². The van der Waals surface area contributed by atoms with E-state index in [4.69, 9.17) is 4.52 Å². The van der Waals surface area contributed by atoms with Crippen LogP contribution in [0.2, 0.25) is 0 Å². The molecule has 0 aliphatic carbocycles. The highest BCUT2D eigenvalue weighted by Gasteiger charge is 2.16. The highest BCUT2D eigenvalue weighted by Crippen LogP contribution is 2.25. The van der Waals surface area contributed by atoms with Crippen LogP contribution in [0.4, 0.5) is 11.4 Å². The Labute approximate surface area is 154 Å². The van der Waals surface area contributed by atoms with Crippen LogP contribution in [0.1, 0.15) is 38.1 Å². The van der Waals surface area contributed by atoms with Crippen molar-refractivity contribution in [2.75, 3.05) is 23.3 Å². The third-order valence-corrected chi connectivity index (χ3v) is 4.82. The summed E-state index contributed by atoms with van der Waals surface area (Å²) in [6, 6.07) is 18.4. The molecular formula is C21H24N4O. The highest BCUT2D eigenvalue weighted by molar-refractivity contribution is 5.56. The number of nitrogens with one attached hydrogen (secondary N) is 1. The first-order chi connectivity index (χ1) is 12.8. The van der Waals surface area contributed by atoms with Gasteiger partial charge in [-0.1, -0.05) is 35.5 Å². The fourth-order valence-corrected chi connectivity index (χ4v) is 3.35. The molecule has 4 rings (SSSR count). The lowest BCUT2D eigenvalue weighted by Gasteiger charge is -2.29. The SMILES string of the molecule is CC(Nc1ccc(N2CCCCC2)cc1)c1nc(-c2ccccc2)no1. The molecule has 0 amide bonds. The van der Waals surface area contributed by atoms with E-state index in [0.717, 1.165) is 24.3 Å². The van der Waals surface area contributed by atoms with Crippen molar-refractivity contribution in [3.63, 3.8) is 0 Å². The number of hydrogen-bond acceptors (Lipinski definition) is 5. The van der Waals surface area contributed by atoms with Crippen LogP contribution in [0, 0.1) is 0 Å². The van der Waals surface area contributed by atoms with Gasteiger partial charge in [-0.2, -0.15) is 4.98 Å². The molecule has 2 heterocycles. The molecule has 1 aliphatic heterocycles. The van der Waals surface area contributed by atoms with Gasteiger partial charge in [-0.3, -0.25) is 0 Å². The third-order valence-electron chi connectivity index (χ3n) is 4.82. The molecule has 0 saturated carbocycles. The van der Waals surface area contributed by atoms with Crippen LogP contribution < -0.4 is 10.2 Å². The molecule has 1 atom stereocenters. The van der Waals surface area contributed by atoms with Crippen molar-refractivity contribution in [2.24, 2.45) is 0 Å². The molecule has 0 spiro atoms. The lowest BCUT2D eigenvalue weighted by atomic mass is 10.1. The van der Waals surface area contributed by atoms with Crippen LogP contribution in [-0.2, 0) is 0 Å². The van der Waals surface area contributed by atoms with Crippen molar-refractivity contribution in [1.82, 2.24) is 10.1 Å². The van der Waals surface area contributed by atoms with Crippen molar-refractivity contribution in [2.45, 2.75) is 32.2 Å². The fourth-order valence-electron chi connectivity index (χ4n) is 3.35. The molecule has 1 aromatic heterocycles. The Morgan fingerprint density at radius 1 is 0.962 bits per heavy atom. The second-order valence-electron chi connectivity index (χ2n) is 6.78. The van der Waals surface area contributed by atoms with E-state index in [1.54, 1.807) is 0 Å². The van der Waals surface area contributed by atoms with Crippen LogP contribution in [0.25, 0.3) is 11.4 Å². The molecular weight excluding hydrogens is 324 g/mol. The van der Waals surface area contributed by atoms with Gasteiger partial charge in [-0.15, -0.1) is 0 Å². The van der Waals surface area contributed by atoms with E-state index >= 15 is 0 Å². The minimum Gasteiger partial charge on any atom is -0.374 e.